The number of nitro benzene ring substituents is 1. The molecule has 2 aromatic rings. The van der Waals surface area contributed by atoms with Crippen LogP contribution in [0.1, 0.15) is 6.92 Å². The van der Waals surface area contributed by atoms with Crippen molar-refractivity contribution in [2.24, 2.45) is 0 Å². The second-order valence-electron chi connectivity index (χ2n) is 3.12. The summed E-state index contributed by atoms with van der Waals surface area (Å²) in [5.74, 6) is 1.58. The molecule has 0 aliphatic carbocycles. The number of benzene rings is 1. The number of aromatic nitrogens is 2. The van der Waals surface area contributed by atoms with Gasteiger partial charge in [0.15, 0.2) is 10.2 Å². The number of non-ortho nitro benzene ring substituents is 1. The second-order valence-corrected chi connectivity index (χ2v) is 5.38. The fourth-order valence-corrected chi connectivity index (χ4v) is 2.75. The van der Waals surface area contributed by atoms with E-state index in [1.54, 1.807) is 23.9 Å². The van der Waals surface area contributed by atoms with Gasteiger partial charge in [-0.3, -0.25) is 10.1 Å². The van der Waals surface area contributed by atoms with Crippen LogP contribution in [0.25, 0.3) is 11.4 Å². The molecular weight excluding hydrogens is 258 g/mol. The Hall–Kier alpha value is -1.47. The third-order valence-corrected chi connectivity index (χ3v) is 3.73. The van der Waals surface area contributed by atoms with Crippen molar-refractivity contribution >= 4 is 29.0 Å². The molecular formula is C10H9N3O2S2. The Balaban J connectivity index is 2.23. The maximum Gasteiger partial charge on any atom is 0.269 e. The predicted molar refractivity (Wildman–Crippen MR) is 68.4 cm³/mol. The predicted octanol–water partition coefficient (Wildman–Crippen LogP) is 3.23. The number of nitro groups is 1. The highest BCUT2D eigenvalue weighted by Gasteiger charge is 2.09. The average Bonchev–Trinajstić information content (AvgIpc) is 2.78. The van der Waals surface area contributed by atoms with E-state index >= 15 is 0 Å². The Bertz CT molecular complexity index is 525. The van der Waals surface area contributed by atoms with Gasteiger partial charge in [-0.1, -0.05) is 18.7 Å². The summed E-state index contributed by atoms with van der Waals surface area (Å²) in [7, 11) is 0. The van der Waals surface area contributed by atoms with Crippen molar-refractivity contribution < 1.29 is 4.92 Å². The lowest BCUT2D eigenvalue weighted by Crippen LogP contribution is -1.87. The third kappa shape index (κ3) is 2.80. The van der Waals surface area contributed by atoms with Gasteiger partial charge in [0, 0.05) is 17.7 Å². The van der Waals surface area contributed by atoms with Gasteiger partial charge in [0.1, 0.15) is 0 Å². The number of nitrogens with zero attached hydrogens (tertiary/aromatic N) is 3. The third-order valence-electron chi connectivity index (χ3n) is 2.01. The fraction of sp³-hybridized carbons (Fsp3) is 0.200. The first-order chi connectivity index (χ1) is 8.20. The van der Waals surface area contributed by atoms with Gasteiger partial charge in [-0.05, 0) is 29.4 Å². The van der Waals surface area contributed by atoms with E-state index in [0.29, 0.717) is 5.82 Å². The largest absolute Gasteiger partial charge is 0.269 e. The normalized spacial score (nSPS) is 10.4. The standard InChI is InChI=1S/C10H9N3O2S2/c1-2-16-10-11-9(12-17-10)7-3-5-8(6-4-7)13(14)15/h3-6H,2H2,1H3. The minimum atomic E-state index is -0.420. The van der Waals surface area contributed by atoms with E-state index in [1.165, 1.54) is 23.7 Å². The minimum absolute atomic E-state index is 0.0761. The van der Waals surface area contributed by atoms with Gasteiger partial charge in [0.05, 0.1) is 4.92 Å². The first-order valence-electron chi connectivity index (χ1n) is 4.92. The molecule has 1 aromatic carbocycles. The van der Waals surface area contributed by atoms with Gasteiger partial charge in [-0.25, -0.2) is 4.98 Å². The molecule has 1 heterocycles. The first-order valence-corrected chi connectivity index (χ1v) is 6.68. The molecule has 0 unspecified atom stereocenters. The van der Waals surface area contributed by atoms with E-state index in [0.717, 1.165) is 15.7 Å². The molecule has 5 nitrogen and oxygen atoms in total. The number of rotatable bonds is 4. The van der Waals surface area contributed by atoms with Crippen LogP contribution in [0.5, 0.6) is 0 Å². The maximum atomic E-state index is 10.5. The smallest absolute Gasteiger partial charge is 0.258 e. The van der Waals surface area contributed by atoms with Gasteiger partial charge in [0.25, 0.3) is 5.69 Å². The van der Waals surface area contributed by atoms with Crippen LogP contribution in [0.4, 0.5) is 5.69 Å². The highest BCUT2D eigenvalue weighted by Crippen LogP contribution is 2.25. The number of hydrogen-bond donors (Lipinski definition) is 0. The number of thioether (sulfide) groups is 1. The Morgan fingerprint density at radius 2 is 2.12 bits per heavy atom. The lowest BCUT2D eigenvalue weighted by atomic mass is 10.2. The monoisotopic (exact) mass is 267 g/mol. The summed E-state index contributed by atoms with van der Waals surface area (Å²) in [5.41, 5.74) is 0.877. The van der Waals surface area contributed by atoms with Crippen LogP contribution in [0.2, 0.25) is 0 Å². The molecule has 7 heteroatoms. The Morgan fingerprint density at radius 3 is 2.71 bits per heavy atom. The average molecular weight is 267 g/mol. The lowest BCUT2D eigenvalue weighted by Gasteiger charge is -1.94. The molecule has 0 aliphatic heterocycles. The summed E-state index contributed by atoms with van der Waals surface area (Å²) in [5, 5.41) is 10.5. The molecule has 0 aliphatic rings. The zero-order valence-electron chi connectivity index (χ0n) is 8.99. The molecule has 1 aromatic heterocycles. The molecule has 0 N–H and O–H groups in total. The van der Waals surface area contributed by atoms with Crippen molar-refractivity contribution in [1.29, 1.82) is 0 Å². The molecule has 0 spiro atoms. The van der Waals surface area contributed by atoms with Crippen LogP contribution in [0.3, 0.4) is 0 Å². The van der Waals surface area contributed by atoms with Gasteiger partial charge >= 0.3 is 0 Å². The molecule has 88 valence electrons. The summed E-state index contributed by atoms with van der Waals surface area (Å²) in [4.78, 5) is 14.4. The highest BCUT2D eigenvalue weighted by atomic mass is 32.2. The van der Waals surface area contributed by atoms with Crippen molar-refractivity contribution in [3.05, 3.63) is 34.4 Å². The van der Waals surface area contributed by atoms with Crippen LogP contribution in [0.15, 0.2) is 28.6 Å². The Labute approximate surface area is 106 Å². The molecule has 0 radical (unpaired) electrons. The molecule has 2 rings (SSSR count). The van der Waals surface area contributed by atoms with Gasteiger partial charge in [-0.15, -0.1) is 0 Å². The van der Waals surface area contributed by atoms with E-state index < -0.39 is 4.92 Å². The van der Waals surface area contributed by atoms with Gasteiger partial charge in [-0.2, -0.15) is 4.37 Å². The minimum Gasteiger partial charge on any atom is -0.258 e. The number of hydrogen-bond acceptors (Lipinski definition) is 6. The molecule has 0 fully saturated rings. The Kier molecular flexibility index (Phi) is 3.70. The van der Waals surface area contributed by atoms with Crippen molar-refractivity contribution in [3.63, 3.8) is 0 Å². The van der Waals surface area contributed by atoms with Gasteiger partial charge in [0.2, 0.25) is 0 Å². The molecule has 0 atom stereocenters. The van der Waals surface area contributed by atoms with Crippen LogP contribution < -0.4 is 0 Å². The van der Waals surface area contributed by atoms with E-state index in [9.17, 15) is 10.1 Å². The molecule has 0 saturated heterocycles. The molecule has 0 saturated carbocycles. The summed E-state index contributed by atoms with van der Waals surface area (Å²) in [6.07, 6.45) is 0. The van der Waals surface area contributed by atoms with Crippen LogP contribution in [0, 0.1) is 10.1 Å². The SMILES string of the molecule is CCSc1nc(-c2ccc([N+](=O)[O-])cc2)ns1. The van der Waals surface area contributed by atoms with Crippen LogP contribution in [-0.4, -0.2) is 20.0 Å². The Morgan fingerprint density at radius 1 is 1.41 bits per heavy atom. The highest BCUT2D eigenvalue weighted by molar-refractivity contribution is 8.00. The zero-order chi connectivity index (χ0) is 12.3. The van der Waals surface area contributed by atoms with E-state index in [2.05, 4.69) is 16.3 Å². The second kappa shape index (κ2) is 5.24. The summed E-state index contributed by atoms with van der Waals surface area (Å²) < 4.78 is 5.14. The topological polar surface area (TPSA) is 68.9 Å². The lowest BCUT2D eigenvalue weighted by molar-refractivity contribution is -0.384. The fourth-order valence-electron chi connectivity index (χ4n) is 1.24. The maximum absolute atomic E-state index is 10.5. The van der Waals surface area contributed by atoms with Crippen molar-refractivity contribution in [2.75, 3.05) is 5.75 Å². The summed E-state index contributed by atoms with van der Waals surface area (Å²) in [6, 6.07) is 6.26. The quantitative estimate of drug-likeness (QED) is 0.483. The molecule has 0 amide bonds. The van der Waals surface area contributed by atoms with Crippen molar-refractivity contribution in [1.82, 2.24) is 9.36 Å². The van der Waals surface area contributed by atoms with Crippen molar-refractivity contribution in [3.8, 4) is 11.4 Å². The van der Waals surface area contributed by atoms with Gasteiger partial charge < -0.3 is 0 Å². The van der Waals surface area contributed by atoms with Crippen LogP contribution in [-0.2, 0) is 0 Å². The summed E-state index contributed by atoms with van der Waals surface area (Å²) >= 11 is 2.98. The zero-order valence-corrected chi connectivity index (χ0v) is 10.6. The van der Waals surface area contributed by atoms with Crippen molar-refractivity contribution in [2.45, 2.75) is 11.3 Å². The van der Waals surface area contributed by atoms with Crippen LogP contribution >= 0.6 is 23.3 Å². The summed E-state index contributed by atoms with van der Waals surface area (Å²) in [6.45, 7) is 2.05. The van der Waals surface area contributed by atoms with E-state index in [1.807, 2.05) is 0 Å². The molecule has 0 bridgehead atoms. The van der Waals surface area contributed by atoms with E-state index in [4.69, 9.17) is 0 Å². The first kappa shape index (κ1) is 12.0. The molecule has 17 heavy (non-hydrogen) atoms. The van der Waals surface area contributed by atoms with E-state index in [-0.39, 0.29) is 5.69 Å².